The van der Waals surface area contributed by atoms with Crippen molar-refractivity contribution in [2.75, 3.05) is 21.3 Å². The minimum absolute atomic E-state index is 0.736. The highest BCUT2D eigenvalue weighted by atomic mass is 16.5. The monoisotopic (exact) mass is 464 g/mol. The summed E-state index contributed by atoms with van der Waals surface area (Å²) in [5, 5.41) is 0. The predicted octanol–water partition coefficient (Wildman–Crippen LogP) is 7.04. The molecule has 0 aromatic heterocycles. The Labute approximate surface area is 206 Å². The van der Waals surface area contributed by atoms with Crippen molar-refractivity contribution in [1.29, 1.82) is 0 Å². The van der Waals surface area contributed by atoms with Gasteiger partial charge in [-0.15, -0.1) is 0 Å². The normalized spacial score (nSPS) is 13.3. The molecule has 4 heteroatoms. The molecule has 0 N–H and O–H groups in total. The molecule has 0 saturated heterocycles. The lowest BCUT2D eigenvalue weighted by atomic mass is 9.82. The molecule has 2 aliphatic rings. The smallest absolute Gasteiger partial charge is 0.177 e. The summed E-state index contributed by atoms with van der Waals surface area (Å²) in [7, 11) is 5.17. The number of methoxy groups -OCH3 is 3. The SMILES string of the molecule is COc1ccc2c(c1)CCc1cccc(c1)Oc1c(OC)ccc3c1-c1cc-2c(OC)cc1CC3. The summed E-state index contributed by atoms with van der Waals surface area (Å²) < 4.78 is 23.9. The van der Waals surface area contributed by atoms with E-state index in [9.17, 15) is 0 Å². The van der Waals surface area contributed by atoms with E-state index >= 15 is 0 Å². The first-order valence-corrected chi connectivity index (χ1v) is 12.0. The van der Waals surface area contributed by atoms with Crippen LogP contribution in [-0.4, -0.2) is 21.3 Å². The summed E-state index contributed by atoms with van der Waals surface area (Å²) >= 11 is 0. The van der Waals surface area contributed by atoms with Crippen LogP contribution < -0.4 is 18.9 Å². The molecule has 0 fully saturated rings. The van der Waals surface area contributed by atoms with Crippen molar-refractivity contribution in [3.8, 4) is 51.0 Å². The Morgan fingerprint density at radius 3 is 2.23 bits per heavy atom. The molecular weight excluding hydrogens is 436 g/mol. The van der Waals surface area contributed by atoms with Gasteiger partial charge in [0, 0.05) is 11.1 Å². The fourth-order valence-corrected chi connectivity index (χ4v) is 5.41. The van der Waals surface area contributed by atoms with Gasteiger partial charge >= 0.3 is 0 Å². The molecule has 0 radical (unpaired) electrons. The van der Waals surface area contributed by atoms with Crippen LogP contribution in [-0.2, 0) is 25.7 Å². The third-order valence-electron chi connectivity index (χ3n) is 7.19. The lowest BCUT2D eigenvalue weighted by Gasteiger charge is -2.26. The van der Waals surface area contributed by atoms with E-state index in [0.717, 1.165) is 65.6 Å². The second-order valence-corrected chi connectivity index (χ2v) is 9.11. The first-order valence-electron chi connectivity index (χ1n) is 12.0. The van der Waals surface area contributed by atoms with Gasteiger partial charge in [-0.2, -0.15) is 0 Å². The van der Waals surface area contributed by atoms with E-state index in [1.54, 1.807) is 21.3 Å². The van der Waals surface area contributed by atoms with Crippen LogP contribution in [0.1, 0.15) is 22.3 Å². The van der Waals surface area contributed by atoms with Crippen molar-refractivity contribution >= 4 is 0 Å². The predicted molar refractivity (Wildman–Crippen MR) is 138 cm³/mol. The van der Waals surface area contributed by atoms with Crippen molar-refractivity contribution in [2.24, 2.45) is 0 Å². The molecule has 4 nitrogen and oxygen atoms in total. The Balaban J connectivity index is 1.69. The van der Waals surface area contributed by atoms with Gasteiger partial charge in [0.1, 0.15) is 17.2 Å². The standard InChI is InChI=1S/C31H28O4/c1-32-23-12-13-25-21(16-23)8-7-19-5-4-6-24(15-19)35-31-28(33-2)14-11-20-9-10-22-17-29(34-3)27(25)18-26(22)30(20)31/h4-6,11-18H,7-10H2,1-3H3. The number of aryl methyl sites for hydroxylation is 4. The van der Waals surface area contributed by atoms with Gasteiger partial charge in [0.15, 0.2) is 11.5 Å². The second-order valence-electron chi connectivity index (χ2n) is 9.11. The highest BCUT2D eigenvalue weighted by molar-refractivity contribution is 5.87. The maximum absolute atomic E-state index is 6.60. The molecule has 6 rings (SSSR count). The molecule has 1 aliphatic carbocycles. The molecule has 0 unspecified atom stereocenters. The van der Waals surface area contributed by atoms with E-state index < -0.39 is 0 Å². The van der Waals surface area contributed by atoms with Crippen LogP contribution in [0.3, 0.4) is 0 Å². The van der Waals surface area contributed by atoms with Gasteiger partial charge in [-0.05, 0) is 102 Å². The van der Waals surface area contributed by atoms with E-state index in [0.29, 0.717) is 0 Å². The number of rotatable bonds is 3. The van der Waals surface area contributed by atoms with E-state index in [2.05, 4.69) is 48.5 Å². The molecule has 1 heterocycles. The molecule has 0 atom stereocenters. The number of ether oxygens (including phenoxy) is 4. The number of hydrogen-bond donors (Lipinski definition) is 0. The molecule has 4 aromatic rings. The molecule has 35 heavy (non-hydrogen) atoms. The molecule has 0 spiro atoms. The second kappa shape index (κ2) is 8.70. The van der Waals surface area contributed by atoms with Gasteiger partial charge in [0.05, 0.1) is 21.3 Å². The summed E-state index contributed by atoms with van der Waals surface area (Å²) in [6.45, 7) is 0. The summed E-state index contributed by atoms with van der Waals surface area (Å²) in [4.78, 5) is 0. The lowest BCUT2D eigenvalue weighted by molar-refractivity contribution is 0.379. The fraction of sp³-hybridized carbons (Fsp3) is 0.226. The van der Waals surface area contributed by atoms with Gasteiger partial charge in [0.2, 0.25) is 0 Å². The molecule has 4 bridgehead atoms. The first kappa shape index (κ1) is 21.6. The molecular formula is C31H28O4. The maximum Gasteiger partial charge on any atom is 0.177 e. The largest absolute Gasteiger partial charge is 0.497 e. The van der Waals surface area contributed by atoms with Gasteiger partial charge in [-0.25, -0.2) is 0 Å². The summed E-state index contributed by atoms with van der Waals surface area (Å²) in [5.41, 5.74) is 9.51. The molecule has 0 amide bonds. The average molecular weight is 465 g/mol. The van der Waals surface area contributed by atoms with Gasteiger partial charge < -0.3 is 18.9 Å². The van der Waals surface area contributed by atoms with Crippen molar-refractivity contribution in [3.63, 3.8) is 0 Å². The number of fused-ring (bicyclic) bond motifs is 5. The summed E-state index contributed by atoms with van der Waals surface area (Å²) in [6.07, 6.45) is 3.65. The molecule has 4 aromatic carbocycles. The van der Waals surface area contributed by atoms with Crippen LogP contribution in [0, 0.1) is 0 Å². The Kier molecular flexibility index (Phi) is 5.37. The minimum Gasteiger partial charge on any atom is -0.497 e. The van der Waals surface area contributed by atoms with Gasteiger partial charge in [-0.1, -0.05) is 24.3 Å². The van der Waals surface area contributed by atoms with Crippen LogP contribution in [0.2, 0.25) is 0 Å². The summed E-state index contributed by atoms with van der Waals surface area (Å²) in [6, 6.07) is 23.4. The van der Waals surface area contributed by atoms with E-state index in [1.807, 2.05) is 18.2 Å². The van der Waals surface area contributed by atoms with E-state index in [-0.39, 0.29) is 0 Å². The van der Waals surface area contributed by atoms with Crippen molar-refractivity contribution in [3.05, 3.63) is 89.0 Å². The van der Waals surface area contributed by atoms with Crippen LogP contribution in [0.4, 0.5) is 0 Å². The quantitative estimate of drug-likeness (QED) is 0.326. The number of hydrogen-bond acceptors (Lipinski definition) is 4. The Hall–Kier alpha value is -3.92. The van der Waals surface area contributed by atoms with Crippen LogP contribution >= 0.6 is 0 Å². The third-order valence-corrected chi connectivity index (χ3v) is 7.19. The zero-order valence-electron chi connectivity index (χ0n) is 20.3. The van der Waals surface area contributed by atoms with Crippen molar-refractivity contribution in [2.45, 2.75) is 25.7 Å². The van der Waals surface area contributed by atoms with Gasteiger partial charge in [0.25, 0.3) is 0 Å². The highest BCUT2D eigenvalue weighted by Gasteiger charge is 2.26. The van der Waals surface area contributed by atoms with Crippen LogP contribution in [0.5, 0.6) is 28.7 Å². The molecule has 1 aliphatic heterocycles. The van der Waals surface area contributed by atoms with Gasteiger partial charge in [-0.3, -0.25) is 0 Å². The molecule has 176 valence electrons. The zero-order chi connectivity index (χ0) is 23.9. The first-order chi connectivity index (χ1) is 17.2. The Morgan fingerprint density at radius 1 is 0.600 bits per heavy atom. The topological polar surface area (TPSA) is 36.9 Å². The van der Waals surface area contributed by atoms with E-state index in [1.165, 1.54) is 33.4 Å². The third kappa shape index (κ3) is 3.70. The summed E-state index contributed by atoms with van der Waals surface area (Å²) in [5.74, 6) is 4.08. The fourth-order valence-electron chi connectivity index (χ4n) is 5.41. The van der Waals surface area contributed by atoms with Crippen molar-refractivity contribution in [1.82, 2.24) is 0 Å². The van der Waals surface area contributed by atoms with Crippen LogP contribution in [0.15, 0.2) is 66.7 Å². The highest BCUT2D eigenvalue weighted by Crippen LogP contribution is 2.50. The zero-order valence-corrected chi connectivity index (χ0v) is 20.3. The maximum atomic E-state index is 6.60. The van der Waals surface area contributed by atoms with E-state index in [4.69, 9.17) is 18.9 Å². The minimum atomic E-state index is 0.736. The number of benzene rings is 4. The Morgan fingerprint density at radius 2 is 1.40 bits per heavy atom. The van der Waals surface area contributed by atoms with Crippen molar-refractivity contribution < 1.29 is 18.9 Å². The Bertz CT molecular complexity index is 1440. The lowest BCUT2D eigenvalue weighted by Crippen LogP contribution is -2.07. The molecule has 0 saturated carbocycles. The average Bonchev–Trinajstić information content (AvgIpc) is 2.91. The van der Waals surface area contributed by atoms with Crippen LogP contribution in [0.25, 0.3) is 22.3 Å².